The number of hydrogen-bond acceptors (Lipinski definition) is 3. The van der Waals surface area contributed by atoms with E-state index in [0.717, 1.165) is 25.2 Å². The van der Waals surface area contributed by atoms with Gasteiger partial charge in [0.05, 0.1) is 8.07 Å². The molecule has 0 aromatic carbocycles. The molecule has 0 fully saturated rings. The third-order valence-electron chi connectivity index (χ3n) is 4.20. The lowest BCUT2D eigenvalue weighted by atomic mass is 10.5. The van der Waals surface area contributed by atoms with Crippen LogP contribution in [-0.4, -0.2) is 36.5 Å². The molecule has 1 unspecified atom stereocenters. The summed E-state index contributed by atoms with van der Waals surface area (Å²) in [5, 5.41) is 0. The van der Waals surface area contributed by atoms with E-state index in [2.05, 4.69) is 27.3 Å². The highest BCUT2D eigenvalue weighted by atomic mass is 28.4. The molecule has 0 aromatic heterocycles. The first-order valence-electron chi connectivity index (χ1n) is 6.90. The summed E-state index contributed by atoms with van der Waals surface area (Å²) >= 11 is 0. The van der Waals surface area contributed by atoms with Gasteiger partial charge in [0.2, 0.25) is 0 Å². The smallest absolute Gasteiger partial charge is 0.334 e. The lowest BCUT2D eigenvalue weighted by Gasteiger charge is -2.33. The van der Waals surface area contributed by atoms with E-state index >= 15 is 0 Å². The van der Waals surface area contributed by atoms with E-state index < -0.39 is 16.6 Å². The SMILES string of the molecule is CC[Si](CC)(CC)CO[Si](C)(CCCN)OC. The highest BCUT2D eigenvalue weighted by Gasteiger charge is 2.35. The monoisotopic (exact) mass is 277 g/mol. The number of hydrogen-bond donors (Lipinski definition) is 1. The average Bonchev–Trinajstić information content (AvgIpc) is 2.38. The average molecular weight is 278 g/mol. The molecule has 17 heavy (non-hydrogen) atoms. The van der Waals surface area contributed by atoms with Crippen LogP contribution in [0.3, 0.4) is 0 Å². The predicted molar refractivity (Wildman–Crippen MR) is 80.3 cm³/mol. The lowest BCUT2D eigenvalue weighted by molar-refractivity contribution is 0.231. The van der Waals surface area contributed by atoms with E-state index in [1.54, 1.807) is 7.11 Å². The minimum atomic E-state index is -1.95. The van der Waals surface area contributed by atoms with Gasteiger partial charge in [0.15, 0.2) is 0 Å². The molecule has 0 rings (SSSR count). The van der Waals surface area contributed by atoms with Crippen LogP contribution < -0.4 is 5.73 Å². The highest BCUT2D eigenvalue weighted by Crippen LogP contribution is 2.24. The van der Waals surface area contributed by atoms with Gasteiger partial charge in [-0.1, -0.05) is 38.9 Å². The molecule has 0 heterocycles. The largest absolute Gasteiger partial charge is 0.398 e. The molecule has 0 bridgehead atoms. The summed E-state index contributed by atoms with van der Waals surface area (Å²) in [4.78, 5) is 0. The van der Waals surface area contributed by atoms with Crippen LogP contribution in [0.1, 0.15) is 27.2 Å². The van der Waals surface area contributed by atoms with Gasteiger partial charge in [0, 0.05) is 13.3 Å². The highest BCUT2D eigenvalue weighted by molar-refractivity contribution is 6.80. The van der Waals surface area contributed by atoms with Gasteiger partial charge < -0.3 is 14.6 Å². The Morgan fingerprint density at radius 3 is 1.94 bits per heavy atom. The van der Waals surface area contributed by atoms with Crippen molar-refractivity contribution in [1.82, 2.24) is 0 Å². The van der Waals surface area contributed by atoms with Crippen LogP contribution in [0.2, 0.25) is 30.7 Å². The van der Waals surface area contributed by atoms with E-state index in [1.807, 2.05) is 0 Å². The molecular weight excluding hydrogens is 246 g/mol. The van der Waals surface area contributed by atoms with Gasteiger partial charge in [-0.25, -0.2) is 0 Å². The van der Waals surface area contributed by atoms with E-state index in [0.29, 0.717) is 0 Å². The molecule has 104 valence electrons. The second-order valence-electron chi connectivity index (χ2n) is 5.08. The van der Waals surface area contributed by atoms with E-state index in [9.17, 15) is 0 Å². The Hall–Kier alpha value is 0.314. The molecule has 0 aliphatic rings. The Morgan fingerprint density at radius 1 is 1.06 bits per heavy atom. The molecule has 1 atom stereocenters. The van der Waals surface area contributed by atoms with Crippen molar-refractivity contribution >= 4 is 16.6 Å². The number of rotatable bonds is 10. The molecule has 0 saturated heterocycles. The van der Waals surface area contributed by atoms with E-state index in [4.69, 9.17) is 14.6 Å². The third kappa shape index (κ3) is 5.65. The van der Waals surface area contributed by atoms with Crippen molar-refractivity contribution in [3.63, 3.8) is 0 Å². The molecule has 2 N–H and O–H groups in total. The zero-order valence-corrected chi connectivity index (χ0v) is 14.3. The molecule has 0 aliphatic heterocycles. The van der Waals surface area contributed by atoms with Crippen molar-refractivity contribution < 1.29 is 8.85 Å². The van der Waals surface area contributed by atoms with Gasteiger partial charge in [-0.3, -0.25) is 0 Å². The summed E-state index contributed by atoms with van der Waals surface area (Å²) in [5.74, 6) is 0. The molecule has 0 amide bonds. The molecular formula is C12H31NO2Si2. The zero-order chi connectivity index (χ0) is 13.4. The van der Waals surface area contributed by atoms with Crippen molar-refractivity contribution in [2.45, 2.75) is 57.9 Å². The summed E-state index contributed by atoms with van der Waals surface area (Å²) in [6, 6.07) is 4.95. The Morgan fingerprint density at radius 2 is 1.59 bits per heavy atom. The molecule has 5 heteroatoms. The Balaban J connectivity index is 4.37. The summed E-state index contributed by atoms with van der Waals surface area (Å²) in [5.41, 5.74) is 5.57. The maximum atomic E-state index is 6.24. The van der Waals surface area contributed by atoms with Crippen molar-refractivity contribution in [3.05, 3.63) is 0 Å². The van der Waals surface area contributed by atoms with Crippen molar-refractivity contribution in [1.29, 1.82) is 0 Å². The molecule has 0 aliphatic carbocycles. The summed E-state index contributed by atoms with van der Waals surface area (Å²) in [6.07, 6.45) is 1.98. The van der Waals surface area contributed by atoms with E-state index in [-0.39, 0.29) is 0 Å². The molecule has 3 nitrogen and oxygen atoms in total. The lowest BCUT2D eigenvalue weighted by Crippen LogP contribution is -2.46. The van der Waals surface area contributed by atoms with Crippen molar-refractivity contribution in [2.24, 2.45) is 5.73 Å². The van der Waals surface area contributed by atoms with Gasteiger partial charge in [0.1, 0.15) is 0 Å². The fraction of sp³-hybridized carbons (Fsp3) is 1.00. The van der Waals surface area contributed by atoms with Crippen molar-refractivity contribution in [2.75, 3.05) is 19.9 Å². The minimum Gasteiger partial charge on any atom is -0.398 e. The van der Waals surface area contributed by atoms with Crippen LogP contribution in [0.25, 0.3) is 0 Å². The first-order chi connectivity index (χ1) is 8.01. The molecule has 0 radical (unpaired) electrons. The molecule has 0 saturated carbocycles. The first-order valence-corrected chi connectivity index (χ1v) is 12.3. The van der Waals surface area contributed by atoms with Crippen LogP contribution in [0.4, 0.5) is 0 Å². The van der Waals surface area contributed by atoms with Gasteiger partial charge in [-0.2, -0.15) is 0 Å². The third-order valence-corrected chi connectivity index (χ3v) is 12.6. The summed E-state index contributed by atoms with van der Waals surface area (Å²) in [7, 11) is -1.34. The van der Waals surface area contributed by atoms with Crippen molar-refractivity contribution in [3.8, 4) is 0 Å². The van der Waals surface area contributed by atoms with Crippen LogP contribution >= 0.6 is 0 Å². The number of nitrogens with two attached hydrogens (primary N) is 1. The molecule has 0 aromatic rings. The normalized spacial score (nSPS) is 15.9. The minimum absolute atomic E-state index is 0.729. The van der Waals surface area contributed by atoms with Crippen LogP contribution in [0.15, 0.2) is 0 Å². The van der Waals surface area contributed by atoms with Crippen LogP contribution in [-0.2, 0) is 8.85 Å². The van der Waals surface area contributed by atoms with Gasteiger partial charge >= 0.3 is 8.56 Å². The molecule has 0 spiro atoms. The van der Waals surface area contributed by atoms with E-state index in [1.165, 1.54) is 18.1 Å². The van der Waals surface area contributed by atoms with Gasteiger partial charge in [0.25, 0.3) is 0 Å². The summed E-state index contributed by atoms with van der Waals surface area (Å²) < 4.78 is 11.9. The summed E-state index contributed by atoms with van der Waals surface area (Å²) in [6.45, 7) is 9.84. The quantitative estimate of drug-likeness (QED) is 0.624. The Labute approximate surface area is 109 Å². The first kappa shape index (κ1) is 17.3. The maximum Gasteiger partial charge on any atom is 0.334 e. The zero-order valence-electron chi connectivity index (χ0n) is 12.3. The van der Waals surface area contributed by atoms with Gasteiger partial charge in [-0.15, -0.1) is 0 Å². The standard InChI is InChI=1S/C12H31NO2Si2/c1-6-17(7-2,8-3)12-15-16(5,14-4)11-9-10-13/h6-13H2,1-5H3. The van der Waals surface area contributed by atoms with Crippen LogP contribution in [0.5, 0.6) is 0 Å². The fourth-order valence-electron chi connectivity index (χ4n) is 2.02. The maximum absolute atomic E-state index is 6.24. The Kier molecular flexibility index (Phi) is 8.58. The Bertz CT molecular complexity index is 193. The second-order valence-corrected chi connectivity index (χ2v) is 14.0. The topological polar surface area (TPSA) is 44.5 Å². The fourth-order valence-corrected chi connectivity index (χ4v) is 7.89. The van der Waals surface area contributed by atoms with Gasteiger partial charge in [-0.05, 0) is 25.6 Å². The predicted octanol–water partition coefficient (Wildman–Crippen LogP) is 3.12. The second kappa shape index (κ2) is 8.42. The van der Waals surface area contributed by atoms with Crippen LogP contribution in [0, 0.1) is 0 Å².